The molecule has 0 amide bonds. The summed E-state index contributed by atoms with van der Waals surface area (Å²) in [5.41, 5.74) is 4.44. The van der Waals surface area contributed by atoms with Crippen molar-refractivity contribution in [1.29, 1.82) is 0 Å². The fourth-order valence-corrected chi connectivity index (χ4v) is 2.85. The zero-order valence-electron chi connectivity index (χ0n) is 11.4. The Bertz CT molecular complexity index is 571. The molecule has 4 heteroatoms. The van der Waals surface area contributed by atoms with Crippen LogP contribution in [0.3, 0.4) is 0 Å². The first-order valence-electron chi connectivity index (χ1n) is 6.35. The Morgan fingerprint density at radius 1 is 1.05 bits per heavy atom. The van der Waals surface area contributed by atoms with E-state index in [9.17, 15) is 8.78 Å². The monoisotopic (exact) mass is 339 g/mol. The van der Waals surface area contributed by atoms with Crippen LogP contribution in [0.2, 0.25) is 0 Å². The Balaban J connectivity index is 2.09. The number of alkyl halides is 2. The van der Waals surface area contributed by atoms with Gasteiger partial charge in [-0.05, 0) is 42.7 Å². The van der Waals surface area contributed by atoms with Gasteiger partial charge in [-0.2, -0.15) is 0 Å². The second-order valence-electron chi connectivity index (χ2n) is 4.81. The van der Waals surface area contributed by atoms with Crippen LogP contribution >= 0.6 is 15.9 Å². The van der Waals surface area contributed by atoms with Crippen LogP contribution in [0.1, 0.15) is 28.7 Å². The molecule has 1 nitrogen and oxygen atoms in total. The Labute approximate surface area is 126 Å². The molecule has 0 aliphatic heterocycles. The fourth-order valence-electron chi connectivity index (χ4n) is 2.16. The van der Waals surface area contributed by atoms with Gasteiger partial charge in [0.1, 0.15) is 0 Å². The number of anilines is 1. The summed E-state index contributed by atoms with van der Waals surface area (Å²) < 4.78 is 26.0. The molecular weight excluding hydrogens is 324 g/mol. The maximum absolute atomic E-state index is 12.5. The van der Waals surface area contributed by atoms with E-state index >= 15 is 0 Å². The molecule has 0 saturated heterocycles. The van der Waals surface area contributed by atoms with Gasteiger partial charge in [0.2, 0.25) is 0 Å². The largest absolute Gasteiger partial charge is 0.381 e. The lowest BCUT2D eigenvalue weighted by atomic mass is 10.1. The molecule has 106 valence electrons. The highest BCUT2D eigenvalue weighted by Gasteiger charge is 2.07. The van der Waals surface area contributed by atoms with Crippen molar-refractivity contribution in [2.75, 3.05) is 5.32 Å². The van der Waals surface area contributed by atoms with Crippen LogP contribution in [0.15, 0.2) is 40.9 Å². The third-order valence-electron chi connectivity index (χ3n) is 3.20. The van der Waals surface area contributed by atoms with E-state index in [2.05, 4.69) is 33.4 Å². The van der Waals surface area contributed by atoms with E-state index in [1.807, 2.05) is 13.8 Å². The Kier molecular flexibility index (Phi) is 4.76. The van der Waals surface area contributed by atoms with Gasteiger partial charge >= 0.3 is 0 Å². The SMILES string of the molecule is Cc1cc(Br)cc(C)c1NCc1ccc(C(F)F)cc1. The van der Waals surface area contributed by atoms with Crippen LogP contribution in [-0.2, 0) is 6.54 Å². The van der Waals surface area contributed by atoms with E-state index in [0.29, 0.717) is 6.54 Å². The van der Waals surface area contributed by atoms with Crippen molar-refractivity contribution >= 4 is 21.6 Å². The van der Waals surface area contributed by atoms with Crippen LogP contribution in [-0.4, -0.2) is 0 Å². The van der Waals surface area contributed by atoms with Gasteiger partial charge < -0.3 is 5.32 Å². The maximum atomic E-state index is 12.5. The number of rotatable bonds is 4. The van der Waals surface area contributed by atoms with E-state index in [0.717, 1.165) is 26.9 Å². The molecular formula is C16H16BrF2N. The molecule has 0 aromatic heterocycles. The van der Waals surface area contributed by atoms with E-state index in [-0.39, 0.29) is 5.56 Å². The topological polar surface area (TPSA) is 12.0 Å². The van der Waals surface area contributed by atoms with Crippen LogP contribution in [0, 0.1) is 13.8 Å². The second-order valence-corrected chi connectivity index (χ2v) is 5.73. The molecule has 1 N–H and O–H groups in total. The smallest absolute Gasteiger partial charge is 0.263 e. The number of hydrogen-bond donors (Lipinski definition) is 1. The minimum Gasteiger partial charge on any atom is -0.381 e. The number of benzene rings is 2. The average Bonchev–Trinajstić information content (AvgIpc) is 2.38. The molecule has 0 heterocycles. The van der Waals surface area contributed by atoms with Crippen LogP contribution in [0.25, 0.3) is 0 Å². The van der Waals surface area contributed by atoms with Crippen molar-refractivity contribution in [1.82, 2.24) is 0 Å². The van der Waals surface area contributed by atoms with Crippen LogP contribution in [0.5, 0.6) is 0 Å². The predicted molar refractivity (Wildman–Crippen MR) is 82.3 cm³/mol. The van der Waals surface area contributed by atoms with Gasteiger partial charge in [0.15, 0.2) is 0 Å². The Morgan fingerprint density at radius 2 is 1.60 bits per heavy atom. The number of hydrogen-bond acceptors (Lipinski definition) is 1. The Hall–Kier alpha value is -1.42. The molecule has 0 saturated carbocycles. The molecule has 0 bridgehead atoms. The summed E-state index contributed by atoms with van der Waals surface area (Å²) >= 11 is 3.47. The normalized spacial score (nSPS) is 10.9. The Morgan fingerprint density at radius 3 is 2.10 bits per heavy atom. The van der Waals surface area contributed by atoms with Crippen molar-refractivity contribution in [3.8, 4) is 0 Å². The summed E-state index contributed by atoms with van der Waals surface area (Å²) in [6.45, 7) is 4.70. The molecule has 0 aliphatic carbocycles. The van der Waals surface area contributed by atoms with Crippen molar-refractivity contribution < 1.29 is 8.78 Å². The van der Waals surface area contributed by atoms with E-state index in [1.54, 1.807) is 12.1 Å². The first-order valence-corrected chi connectivity index (χ1v) is 7.14. The molecule has 0 unspecified atom stereocenters. The molecule has 2 aromatic rings. The minimum absolute atomic E-state index is 0.0600. The van der Waals surface area contributed by atoms with Crippen LogP contribution in [0.4, 0.5) is 14.5 Å². The average molecular weight is 340 g/mol. The number of nitrogens with one attached hydrogen (secondary N) is 1. The summed E-state index contributed by atoms with van der Waals surface area (Å²) in [5.74, 6) is 0. The zero-order valence-corrected chi connectivity index (χ0v) is 13.0. The lowest BCUT2D eigenvalue weighted by molar-refractivity contribution is 0.151. The molecule has 2 aromatic carbocycles. The summed E-state index contributed by atoms with van der Waals surface area (Å²) in [6, 6.07) is 10.5. The predicted octanol–water partition coefficient (Wildman–Crippen LogP) is 5.62. The molecule has 20 heavy (non-hydrogen) atoms. The van der Waals surface area contributed by atoms with Gasteiger partial charge in [-0.3, -0.25) is 0 Å². The molecule has 0 radical (unpaired) electrons. The van der Waals surface area contributed by atoms with E-state index in [1.165, 1.54) is 12.1 Å². The first-order chi connectivity index (χ1) is 9.47. The molecule has 0 fully saturated rings. The summed E-state index contributed by atoms with van der Waals surface area (Å²) in [6.07, 6.45) is -2.41. The van der Waals surface area contributed by atoms with Crippen molar-refractivity contribution in [2.24, 2.45) is 0 Å². The number of halogens is 3. The summed E-state index contributed by atoms with van der Waals surface area (Å²) in [5, 5.41) is 3.37. The van der Waals surface area contributed by atoms with Gasteiger partial charge in [0.25, 0.3) is 6.43 Å². The van der Waals surface area contributed by atoms with Gasteiger partial charge in [-0.1, -0.05) is 40.2 Å². The summed E-state index contributed by atoms with van der Waals surface area (Å²) in [4.78, 5) is 0. The highest BCUT2D eigenvalue weighted by molar-refractivity contribution is 9.10. The maximum Gasteiger partial charge on any atom is 0.263 e. The van der Waals surface area contributed by atoms with E-state index in [4.69, 9.17) is 0 Å². The van der Waals surface area contributed by atoms with Gasteiger partial charge in [0.05, 0.1) is 0 Å². The zero-order chi connectivity index (χ0) is 14.7. The van der Waals surface area contributed by atoms with Gasteiger partial charge in [0, 0.05) is 22.3 Å². The number of aryl methyl sites for hydroxylation is 2. The highest BCUT2D eigenvalue weighted by Crippen LogP contribution is 2.26. The van der Waals surface area contributed by atoms with Crippen molar-refractivity contribution in [3.05, 3.63) is 63.1 Å². The summed E-state index contributed by atoms with van der Waals surface area (Å²) in [7, 11) is 0. The first kappa shape index (κ1) is 15.0. The lowest BCUT2D eigenvalue weighted by Crippen LogP contribution is -2.03. The highest BCUT2D eigenvalue weighted by atomic mass is 79.9. The molecule has 0 atom stereocenters. The lowest BCUT2D eigenvalue weighted by Gasteiger charge is -2.13. The van der Waals surface area contributed by atoms with Gasteiger partial charge in [-0.25, -0.2) is 8.78 Å². The molecule has 2 rings (SSSR count). The minimum atomic E-state index is -2.41. The third kappa shape index (κ3) is 3.57. The third-order valence-corrected chi connectivity index (χ3v) is 3.66. The quantitative estimate of drug-likeness (QED) is 0.762. The van der Waals surface area contributed by atoms with Crippen LogP contribution < -0.4 is 5.32 Å². The molecule has 0 spiro atoms. The molecule has 0 aliphatic rings. The van der Waals surface area contributed by atoms with Gasteiger partial charge in [-0.15, -0.1) is 0 Å². The second kappa shape index (κ2) is 6.35. The van der Waals surface area contributed by atoms with E-state index < -0.39 is 6.43 Å². The fraction of sp³-hybridized carbons (Fsp3) is 0.250. The van der Waals surface area contributed by atoms with Crippen molar-refractivity contribution in [2.45, 2.75) is 26.8 Å². The van der Waals surface area contributed by atoms with Crippen molar-refractivity contribution in [3.63, 3.8) is 0 Å². The standard InChI is InChI=1S/C16H16BrF2N/c1-10-7-14(17)8-11(2)15(10)20-9-12-3-5-13(6-4-12)16(18)19/h3-8,16,20H,9H2,1-2H3.